The predicted octanol–water partition coefficient (Wildman–Crippen LogP) is 2.82. The Morgan fingerprint density at radius 2 is 1.83 bits per heavy atom. The second kappa shape index (κ2) is 8.01. The number of ether oxygens (including phenoxy) is 1. The number of carbonyl (C=O) groups is 2. The van der Waals surface area contributed by atoms with E-state index in [1.54, 1.807) is 19.1 Å². The van der Waals surface area contributed by atoms with Crippen molar-refractivity contribution in [1.82, 2.24) is 19.6 Å². The number of rotatable bonds is 7. The van der Waals surface area contributed by atoms with E-state index in [1.165, 1.54) is 4.90 Å². The molecule has 1 aromatic rings. The van der Waals surface area contributed by atoms with E-state index in [2.05, 4.69) is 11.8 Å². The van der Waals surface area contributed by atoms with E-state index in [0.717, 1.165) is 42.2 Å². The zero-order chi connectivity index (χ0) is 21.4. The van der Waals surface area contributed by atoms with Crippen molar-refractivity contribution >= 4 is 17.9 Å². The van der Waals surface area contributed by atoms with Crippen molar-refractivity contribution in [3.05, 3.63) is 41.7 Å². The number of hydrogen-bond acceptors (Lipinski definition) is 6. The Balaban J connectivity index is 1.55. The Labute approximate surface area is 177 Å². The van der Waals surface area contributed by atoms with Crippen LogP contribution in [0.4, 0.5) is 4.79 Å². The van der Waals surface area contributed by atoms with Crippen LogP contribution in [0.3, 0.4) is 0 Å². The van der Waals surface area contributed by atoms with Gasteiger partial charge in [0.25, 0.3) is 5.91 Å². The molecule has 0 saturated carbocycles. The summed E-state index contributed by atoms with van der Waals surface area (Å²) in [6, 6.07) is 7.15. The second-order valence-corrected chi connectivity index (χ2v) is 7.99. The van der Waals surface area contributed by atoms with Gasteiger partial charge in [-0.05, 0) is 31.0 Å². The first-order valence-electron chi connectivity index (χ1n) is 10.5. The third-order valence-electron chi connectivity index (χ3n) is 5.99. The van der Waals surface area contributed by atoms with E-state index in [9.17, 15) is 9.59 Å². The third kappa shape index (κ3) is 3.30. The maximum atomic E-state index is 13.2. The van der Waals surface area contributed by atoms with Crippen molar-refractivity contribution in [2.75, 3.05) is 20.7 Å². The molecule has 3 heterocycles. The highest BCUT2D eigenvalue weighted by Crippen LogP contribution is 2.34. The summed E-state index contributed by atoms with van der Waals surface area (Å²) in [5, 5.41) is 0. The summed E-state index contributed by atoms with van der Waals surface area (Å²) < 4.78 is 5.24. The zero-order valence-electron chi connectivity index (χ0n) is 18.0. The lowest BCUT2D eigenvalue weighted by molar-refractivity contribution is -0.136. The van der Waals surface area contributed by atoms with Crippen molar-refractivity contribution < 1.29 is 14.3 Å². The van der Waals surface area contributed by atoms with Gasteiger partial charge in [0, 0.05) is 25.5 Å². The molecule has 3 amide bonds. The van der Waals surface area contributed by atoms with Gasteiger partial charge in [-0.25, -0.2) is 9.79 Å². The van der Waals surface area contributed by atoms with Gasteiger partial charge in [0.1, 0.15) is 5.75 Å². The molecule has 30 heavy (non-hydrogen) atoms. The predicted molar refractivity (Wildman–Crippen MR) is 114 cm³/mol. The van der Waals surface area contributed by atoms with Gasteiger partial charge in [0.05, 0.1) is 13.7 Å². The van der Waals surface area contributed by atoms with Crippen molar-refractivity contribution in [3.8, 4) is 5.75 Å². The molecule has 2 unspecified atom stereocenters. The third-order valence-corrected chi connectivity index (χ3v) is 5.99. The molecule has 160 valence electrons. The largest absolute Gasteiger partial charge is 0.497 e. The molecule has 3 aliphatic heterocycles. The number of fused-ring (bicyclic) bond motifs is 3. The van der Waals surface area contributed by atoms with E-state index in [0.29, 0.717) is 13.1 Å². The number of nitrogens with zero attached hydrogens (tertiary/aromatic N) is 5. The minimum Gasteiger partial charge on any atom is -0.497 e. The highest BCUT2D eigenvalue weighted by Gasteiger charge is 2.54. The van der Waals surface area contributed by atoms with E-state index in [1.807, 2.05) is 42.3 Å². The quantitative estimate of drug-likeness (QED) is 0.646. The summed E-state index contributed by atoms with van der Waals surface area (Å²) >= 11 is 0. The van der Waals surface area contributed by atoms with Gasteiger partial charge < -0.3 is 19.4 Å². The Kier molecular flexibility index (Phi) is 5.40. The molecule has 8 nitrogen and oxygen atoms in total. The van der Waals surface area contributed by atoms with Crippen molar-refractivity contribution in [1.29, 1.82) is 0 Å². The molecule has 2 atom stereocenters. The van der Waals surface area contributed by atoms with Crippen LogP contribution in [0.1, 0.15) is 38.7 Å². The number of urea groups is 1. The SMILES string of the molecule is CCCCCN1C(=O)C2C(N=C3N(Cc4ccc(OC)cc4)C(C)=CN32)N(C)C1=O. The summed E-state index contributed by atoms with van der Waals surface area (Å²) in [5.74, 6) is 1.38. The fraction of sp³-hybridized carbons (Fsp3) is 0.500. The number of guanidine groups is 1. The molecular formula is C22H29N5O3. The summed E-state index contributed by atoms with van der Waals surface area (Å²) in [6.45, 7) is 5.21. The molecule has 0 spiro atoms. The van der Waals surface area contributed by atoms with Gasteiger partial charge >= 0.3 is 6.03 Å². The fourth-order valence-electron chi connectivity index (χ4n) is 4.24. The Morgan fingerprint density at radius 1 is 1.10 bits per heavy atom. The molecule has 1 aromatic carbocycles. The van der Waals surface area contributed by atoms with E-state index in [-0.39, 0.29) is 11.9 Å². The number of likely N-dealkylation sites (N-methyl/N-ethyl adjacent to an activating group) is 1. The Hall–Kier alpha value is -3.03. The Bertz CT molecular complexity index is 895. The summed E-state index contributed by atoms with van der Waals surface area (Å²) in [4.78, 5) is 37.8. The van der Waals surface area contributed by atoms with Crippen LogP contribution in [-0.2, 0) is 11.3 Å². The molecule has 3 aliphatic rings. The van der Waals surface area contributed by atoms with Crippen LogP contribution in [0.5, 0.6) is 5.75 Å². The molecule has 0 N–H and O–H groups in total. The first kappa shape index (κ1) is 20.3. The van der Waals surface area contributed by atoms with Crippen LogP contribution in [0.25, 0.3) is 0 Å². The number of unbranched alkanes of at least 4 members (excludes halogenated alkanes) is 2. The first-order valence-corrected chi connectivity index (χ1v) is 10.5. The van der Waals surface area contributed by atoms with Crippen LogP contribution < -0.4 is 4.74 Å². The summed E-state index contributed by atoms with van der Waals surface area (Å²) in [5.41, 5.74) is 2.13. The highest BCUT2D eigenvalue weighted by atomic mass is 16.5. The van der Waals surface area contributed by atoms with E-state index >= 15 is 0 Å². The number of allylic oxidation sites excluding steroid dienone is 1. The second-order valence-electron chi connectivity index (χ2n) is 7.99. The lowest BCUT2D eigenvalue weighted by Crippen LogP contribution is -2.64. The number of carbonyl (C=O) groups excluding carboxylic acids is 2. The average molecular weight is 412 g/mol. The van der Waals surface area contributed by atoms with Gasteiger partial charge in [0.2, 0.25) is 5.96 Å². The minimum absolute atomic E-state index is 0.159. The molecule has 1 fully saturated rings. The van der Waals surface area contributed by atoms with Gasteiger partial charge in [-0.3, -0.25) is 9.69 Å². The summed E-state index contributed by atoms with van der Waals surface area (Å²) in [6.07, 6.45) is 4.34. The number of methoxy groups -OCH3 is 1. The molecule has 0 aliphatic carbocycles. The lowest BCUT2D eigenvalue weighted by Gasteiger charge is -2.40. The standard InChI is InChI=1S/C22H29N5O3/c1-5-6-7-12-25-20(28)18-19(24(3)22(25)29)23-21-26(15(2)13-27(18)21)14-16-8-10-17(30-4)11-9-16/h8-11,13,18-19H,5-7,12,14H2,1-4H3. The molecule has 0 bridgehead atoms. The summed E-state index contributed by atoms with van der Waals surface area (Å²) in [7, 11) is 3.38. The first-order chi connectivity index (χ1) is 14.5. The average Bonchev–Trinajstić information content (AvgIpc) is 3.25. The van der Waals surface area contributed by atoms with Crippen LogP contribution >= 0.6 is 0 Å². The van der Waals surface area contributed by atoms with Crippen LogP contribution in [0.15, 0.2) is 41.2 Å². The number of hydrogen-bond donors (Lipinski definition) is 0. The highest BCUT2D eigenvalue weighted by molar-refractivity contribution is 6.04. The van der Waals surface area contributed by atoms with Crippen molar-refractivity contribution in [2.45, 2.75) is 51.9 Å². The van der Waals surface area contributed by atoms with Gasteiger partial charge in [0.15, 0.2) is 12.2 Å². The number of imide groups is 1. The van der Waals surface area contributed by atoms with E-state index < -0.39 is 12.2 Å². The van der Waals surface area contributed by atoms with Crippen LogP contribution in [0.2, 0.25) is 0 Å². The lowest BCUT2D eigenvalue weighted by atomic mass is 10.1. The molecule has 1 saturated heterocycles. The maximum absolute atomic E-state index is 13.2. The molecule has 0 radical (unpaired) electrons. The Morgan fingerprint density at radius 3 is 2.50 bits per heavy atom. The van der Waals surface area contributed by atoms with Gasteiger partial charge in [-0.1, -0.05) is 31.9 Å². The number of aliphatic imine (C=N–C) groups is 1. The smallest absolute Gasteiger partial charge is 0.328 e. The fourth-order valence-corrected chi connectivity index (χ4v) is 4.24. The monoisotopic (exact) mass is 411 g/mol. The van der Waals surface area contributed by atoms with Crippen LogP contribution in [-0.4, -0.2) is 70.4 Å². The van der Waals surface area contributed by atoms with Crippen molar-refractivity contribution in [3.63, 3.8) is 0 Å². The van der Waals surface area contributed by atoms with E-state index in [4.69, 9.17) is 9.73 Å². The minimum atomic E-state index is -0.500. The van der Waals surface area contributed by atoms with Crippen LogP contribution in [0, 0.1) is 0 Å². The maximum Gasteiger partial charge on any atom is 0.328 e. The topological polar surface area (TPSA) is 68.7 Å². The number of amides is 3. The van der Waals surface area contributed by atoms with Gasteiger partial charge in [-0.2, -0.15) is 0 Å². The zero-order valence-corrected chi connectivity index (χ0v) is 18.0. The normalized spacial score (nSPS) is 22.9. The molecule has 0 aromatic heterocycles. The molecule has 8 heteroatoms. The van der Waals surface area contributed by atoms with Crippen molar-refractivity contribution in [2.24, 2.45) is 4.99 Å². The van der Waals surface area contributed by atoms with Gasteiger partial charge in [-0.15, -0.1) is 0 Å². The molecule has 4 rings (SSSR count). The molecular weight excluding hydrogens is 382 g/mol. The number of benzene rings is 1.